The highest BCUT2D eigenvalue weighted by Crippen LogP contribution is 2.28. The third kappa shape index (κ3) is 5.73. The molecule has 0 saturated heterocycles. The molecule has 9 nitrogen and oxygen atoms in total. The van der Waals surface area contributed by atoms with Crippen LogP contribution in [-0.4, -0.2) is 60.3 Å². The van der Waals surface area contributed by atoms with Gasteiger partial charge in [0.1, 0.15) is 17.5 Å². The fourth-order valence-corrected chi connectivity index (χ4v) is 4.09. The Bertz CT molecular complexity index is 1500. The minimum atomic E-state index is -1.21. The van der Waals surface area contributed by atoms with Gasteiger partial charge < -0.3 is 25.2 Å². The van der Waals surface area contributed by atoms with E-state index in [1.807, 2.05) is 49.3 Å². The van der Waals surface area contributed by atoms with Gasteiger partial charge in [-0.2, -0.15) is 0 Å². The van der Waals surface area contributed by atoms with Crippen LogP contribution in [0.2, 0.25) is 0 Å². The first-order valence-electron chi connectivity index (χ1n) is 11.8. The van der Waals surface area contributed by atoms with Crippen LogP contribution >= 0.6 is 0 Å². The second-order valence-corrected chi connectivity index (χ2v) is 8.95. The van der Waals surface area contributed by atoms with Crippen LogP contribution in [0.3, 0.4) is 0 Å². The third-order valence-corrected chi connectivity index (χ3v) is 6.16. The summed E-state index contributed by atoms with van der Waals surface area (Å²) in [5.74, 6) is -2.52. The maximum absolute atomic E-state index is 13.1. The summed E-state index contributed by atoms with van der Waals surface area (Å²) in [5.41, 5.74) is 3.54. The topological polar surface area (TPSA) is 129 Å². The molecule has 0 fully saturated rings. The summed E-state index contributed by atoms with van der Waals surface area (Å²) in [6, 6.07) is 19.4. The van der Waals surface area contributed by atoms with Crippen LogP contribution in [0.4, 0.5) is 5.69 Å². The summed E-state index contributed by atoms with van der Waals surface area (Å²) in [5, 5.41) is 22.4. The molecule has 3 N–H and O–H groups in total. The zero-order valence-corrected chi connectivity index (χ0v) is 21.1. The molecule has 0 radical (unpaired) electrons. The Hall–Kier alpha value is -4.92. The van der Waals surface area contributed by atoms with E-state index >= 15 is 0 Å². The van der Waals surface area contributed by atoms with Crippen molar-refractivity contribution in [3.63, 3.8) is 0 Å². The largest absolute Gasteiger partial charge is 0.508 e. The van der Waals surface area contributed by atoms with Crippen molar-refractivity contribution in [2.75, 3.05) is 26.1 Å². The minimum Gasteiger partial charge on any atom is -0.508 e. The number of pyridine rings is 1. The van der Waals surface area contributed by atoms with Gasteiger partial charge in [0.05, 0.1) is 18.2 Å². The van der Waals surface area contributed by atoms with Crippen LogP contribution in [0.1, 0.15) is 26.4 Å². The van der Waals surface area contributed by atoms with Crippen LogP contribution in [0.25, 0.3) is 22.0 Å². The number of nitrogens with one attached hydrogen (secondary N) is 1. The quantitative estimate of drug-likeness (QED) is 0.303. The highest BCUT2D eigenvalue weighted by molar-refractivity contribution is 6.07. The van der Waals surface area contributed by atoms with Gasteiger partial charge in [0, 0.05) is 31.6 Å². The molecule has 1 aromatic heterocycles. The Labute approximate surface area is 219 Å². The van der Waals surface area contributed by atoms with Crippen LogP contribution in [0.5, 0.6) is 5.75 Å². The van der Waals surface area contributed by atoms with Crippen molar-refractivity contribution >= 4 is 34.4 Å². The second-order valence-electron chi connectivity index (χ2n) is 8.95. The first-order valence-corrected chi connectivity index (χ1v) is 11.8. The Morgan fingerprint density at radius 2 is 1.61 bits per heavy atom. The van der Waals surface area contributed by atoms with E-state index < -0.39 is 23.9 Å². The number of ether oxygens (including phenoxy) is 1. The third-order valence-electron chi connectivity index (χ3n) is 6.16. The van der Waals surface area contributed by atoms with Crippen LogP contribution in [-0.2, 0) is 16.0 Å². The number of carboxylic acids is 1. The number of nitrogens with zero attached hydrogens (tertiary/aromatic N) is 2. The van der Waals surface area contributed by atoms with Gasteiger partial charge in [0.15, 0.2) is 0 Å². The predicted octanol–water partition coefficient (Wildman–Crippen LogP) is 3.89. The number of phenols is 1. The lowest BCUT2D eigenvalue weighted by Gasteiger charge is -2.17. The monoisotopic (exact) mass is 513 g/mol. The fraction of sp³-hybridized carbons (Fsp3) is 0.172. The van der Waals surface area contributed by atoms with Crippen LogP contribution in [0, 0.1) is 0 Å². The maximum atomic E-state index is 13.1. The van der Waals surface area contributed by atoms with Crippen molar-refractivity contribution in [1.82, 2.24) is 10.3 Å². The van der Waals surface area contributed by atoms with E-state index in [1.165, 1.54) is 25.3 Å². The number of rotatable bonds is 8. The van der Waals surface area contributed by atoms with Crippen LogP contribution in [0.15, 0.2) is 72.8 Å². The number of methoxy groups -OCH3 is 1. The van der Waals surface area contributed by atoms with Gasteiger partial charge in [-0.25, -0.2) is 14.6 Å². The van der Waals surface area contributed by atoms with E-state index in [2.05, 4.69) is 10.3 Å². The van der Waals surface area contributed by atoms with Gasteiger partial charge in [-0.1, -0.05) is 30.3 Å². The minimum absolute atomic E-state index is 0.0719. The molecular formula is C29H27N3O6. The number of fused-ring (bicyclic) bond motifs is 1. The Morgan fingerprint density at radius 1 is 0.947 bits per heavy atom. The van der Waals surface area contributed by atoms with Crippen molar-refractivity contribution in [3.8, 4) is 16.9 Å². The number of benzene rings is 3. The number of aromatic hydroxyl groups is 1. The van der Waals surface area contributed by atoms with Crippen molar-refractivity contribution < 1.29 is 29.3 Å². The van der Waals surface area contributed by atoms with E-state index in [0.717, 1.165) is 16.8 Å². The zero-order chi connectivity index (χ0) is 27.4. The zero-order valence-electron chi connectivity index (χ0n) is 21.1. The Kier molecular flexibility index (Phi) is 7.57. The molecule has 0 aliphatic carbocycles. The van der Waals surface area contributed by atoms with E-state index in [1.54, 1.807) is 24.3 Å². The average Bonchev–Trinajstić information content (AvgIpc) is 2.92. The maximum Gasteiger partial charge on any atom is 0.336 e. The summed E-state index contributed by atoms with van der Waals surface area (Å²) < 4.78 is 4.83. The average molecular weight is 514 g/mol. The molecule has 0 spiro atoms. The SMILES string of the molecule is COC(=O)[C@H](Cc1ccc(O)cc1)NC(=O)c1cc(C(=O)O)c2cc(-c3ccc(N(C)C)cc3)ccc2n1. The highest BCUT2D eigenvalue weighted by Gasteiger charge is 2.25. The van der Waals surface area contributed by atoms with Gasteiger partial charge in [0.2, 0.25) is 0 Å². The highest BCUT2D eigenvalue weighted by atomic mass is 16.5. The number of aromatic nitrogens is 1. The first kappa shape index (κ1) is 26.2. The van der Waals surface area contributed by atoms with Crippen molar-refractivity contribution in [2.24, 2.45) is 0 Å². The molecule has 0 unspecified atom stereocenters. The van der Waals surface area contributed by atoms with Crippen LogP contribution < -0.4 is 10.2 Å². The molecule has 38 heavy (non-hydrogen) atoms. The molecule has 0 saturated carbocycles. The molecule has 0 aliphatic heterocycles. The number of hydrogen-bond acceptors (Lipinski definition) is 7. The number of esters is 1. The molecule has 1 amide bonds. The van der Waals surface area contributed by atoms with E-state index in [-0.39, 0.29) is 23.4 Å². The molecule has 194 valence electrons. The number of hydrogen-bond donors (Lipinski definition) is 3. The second kappa shape index (κ2) is 11.0. The van der Waals surface area contributed by atoms with Gasteiger partial charge in [-0.15, -0.1) is 0 Å². The lowest BCUT2D eigenvalue weighted by molar-refractivity contribution is -0.142. The summed E-state index contributed by atoms with van der Waals surface area (Å²) in [6.45, 7) is 0. The molecule has 3 aromatic carbocycles. The molecular weight excluding hydrogens is 486 g/mol. The first-order chi connectivity index (χ1) is 18.2. The molecule has 0 bridgehead atoms. The summed E-state index contributed by atoms with van der Waals surface area (Å²) in [6.07, 6.45) is 0.105. The molecule has 9 heteroatoms. The smallest absolute Gasteiger partial charge is 0.336 e. The van der Waals surface area contributed by atoms with Gasteiger partial charge >= 0.3 is 11.9 Å². The number of amides is 1. The summed E-state index contributed by atoms with van der Waals surface area (Å²) in [7, 11) is 5.11. The fourth-order valence-electron chi connectivity index (χ4n) is 4.09. The normalized spacial score (nSPS) is 11.6. The number of anilines is 1. The summed E-state index contributed by atoms with van der Waals surface area (Å²) in [4.78, 5) is 44.0. The lowest BCUT2D eigenvalue weighted by Crippen LogP contribution is -2.43. The van der Waals surface area contributed by atoms with E-state index in [4.69, 9.17) is 4.74 Å². The predicted molar refractivity (Wildman–Crippen MR) is 144 cm³/mol. The van der Waals surface area contributed by atoms with Gasteiger partial charge in [-0.05, 0) is 59.2 Å². The Morgan fingerprint density at radius 3 is 2.21 bits per heavy atom. The molecule has 4 rings (SSSR count). The lowest BCUT2D eigenvalue weighted by atomic mass is 9.99. The molecule has 1 atom stereocenters. The van der Waals surface area contributed by atoms with Gasteiger partial charge in [0.25, 0.3) is 5.91 Å². The Balaban J connectivity index is 1.65. The molecule has 0 aliphatic rings. The van der Waals surface area contributed by atoms with Crippen molar-refractivity contribution in [3.05, 3.63) is 89.6 Å². The number of phenolic OH excluding ortho intramolecular Hbond substituents is 1. The number of carbonyl (C=O) groups is 3. The van der Waals surface area contributed by atoms with E-state index in [0.29, 0.717) is 16.5 Å². The van der Waals surface area contributed by atoms with Gasteiger partial charge in [-0.3, -0.25) is 4.79 Å². The molecule has 1 heterocycles. The number of carboxylic acid groups (broad SMARTS) is 1. The van der Waals surface area contributed by atoms with Crippen molar-refractivity contribution in [1.29, 1.82) is 0 Å². The number of aromatic carboxylic acids is 1. The summed E-state index contributed by atoms with van der Waals surface area (Å²) >= 11 is 0. The molecule has 4 aromatic rings. The van der Waals surface area contributed by atoms with E-state index in [9.17, 15) is 24.6 Å². The number of carbonyl (C=O) groups excluding carboxylic acids is 2. The van der Waals surface area contributed by atoms with Crippen molar-refractivity contribution in [2.45, 2.75) is 12.5 Å². The standard InChI is InChI=1S/C29H27N3O6/c1-32(2)20-9-6-18(7-10-20)19-8-13-24-22(15-19)23(28(35)36)16-25(30-24)27(34)31-26(29(37)38-3)14-17-4-11-21(33)12-5-17/h4-13,15-16,26,33H,14H2,1-3H3,(H,31,34)(H,35,36)/t26-/m0/s1.